The van der Waals surface area contributed by atoms with Crippen LogP contribution in [0.15, 0.2) is 18.2 Å². The maximum absolute atomic E-state index is 12.3. The summed E-state index contributed by atoms with van der Waals surface area (Å²) in [6, 6.07) is 4.57. The average molecular weight is 364 g/mol. The predicted molar refractivity (Wildman–Crippen MR) is 95.5 cm³/mol. The van der Waals surface area contributed by atoms with E-state index in [2.05, 4.69) is 16.0 Å². The highest BCUT2D eigenvalue weighted by atomic mass is 16.5. The lowest BCUT2D eigenvalue weighted by atomic mass is 10.2. The van der Waals surface area contributed by atoms with Crippen molar-refractivity contribution < 1.29 is 23.9 Å². The molecule has 1 heterocycles. The first-order chi connectivity index (χ1) is 12.4. The van der Waals surface area contributed by atoms with Gasteiger partial charge in [0.15, 0.2) is 11.5 Å². The van der Waals surface area contributed by atoms with Crippen LogP contribution in [-0.2, 0) is 9.59 Å². The predicted octanol–water partition coefficient (Wildman–Crippen LogP) is 0.244. The molecule has 1 saturated heterocycles. The quantitative estimate of drug-likeness (QED) is 0.601. The normalized spacial score (nSPS) is 16.2. The van der Waals surface area contributed by atoms with Crippen LogP contribution >= 0.6 is 0 Å². The van der Waals surface area contributed by atoms with Crippen molar-refractivity contribution in [3.63, 3.8) is 0 Å². The zero-order valence-corrected chi connectivity index (χ0v) is 15.1. The molecule has 1 atom stereocenters. The van der Waals surface area contributed by atoms with E-state index in [0.717, 1.165) is 0 Å². The number of methoxy groups -OCH3 is 2. The van der Waals surface area contributed by atoms with Gasteiger partial charge in [-0.05, 0) is 12.1 Å². The highest BCUT2D eigenvalue weighted by Gasteiger charge is 2.32. The van der Waals surface area contributed by atoms with Crippen LogP contribution in [0.5, 0.6) is 11.5 Å². The number of ether oxygens (including phenoxy) is 2. The SMILES string of the molecule is COc1ccc(N2CC(NC(=O)NCCNC(C)=O)CC2=O)cc1OC. The molecular formula is C17H24N4O5. The van der Waals surface area contributed by atoms with Crippen molar-refractivity contribution >= 4 is 23.5 Å². The summed E-state index contributed by atoms with van der Waals surface area (Å²) >= 11 is 0. The van der Waals surface area contributed by atoms with Gasteiger partial charge >= 0.3 is 6.03 Å². The van der Waals surface area contributed by atoms with Crippen molar-refractivity contribution in [2.75, 3.05) is 38.8 Å². The van der Waals surface area contributed by atoms with Crippen LogP contribution in [0.2, 0.25) is 0 Å². The minimum Gasteiger partial charge on any atom is -0.493 e. The van der Waals surface area contributed by atoms with Crippen LogP contribution < -0.4 is 30.3 Å². The molecule has 3 N–H and O–H groups in total. The number of carbonyl (C=O) groups is 3. The van der Waals surface area contributed by atoms with Gasteiger partial charge in [-0.25, -0.2) is 4.79 Å². The summed E-state index contributed by atoms with van der Waals surface area (Å²) in [5, 5.41) is 7.99. The summed E-state index contributed by atoms with van der Waals surface area (Å²) in [5.41, 5.74) is 0.683. The topological polar surface area (TPSA) is 109 Å². The summed E-state index contributed by atoms with van der Waals surface area (Å²) in [6.45, 7) is 2.44. The van der Waals surface area contributed by atoms with Crippen LogP contribution in [0.3, 0.4) is 0 Å². The highest BCUT2D eigenvalue weighted by Crippen LogP contribution is 2.33. The molecule has 0 spiro atoms. The third kappa shape index (κ3) is 5.01. The maximum Gasteiger partial charge on any atom is 0.315 e. The number of nitrogens with one attached hydrogen (secondary N) is 3. The third-order valence-corrected chi connectivity index (χ3v) is 3.92. The Morgan fingerprint density at radius 1 is 1.15 bits per heavy atom. The van der Waals surface area contributed by atoms with E-state index in [1.807, 2.05) is 0 Å². The number of benzene rings is 1. The second kappa shape index (κ2) is 8.93. The van der Waals surface area contributed by atoms with Gasteiger partial charge in [0.1, 0.15) is 0 Å². The molecule has 4 amide bonds. The van der Waals surface area contributed by atoms with Crippen molar-refractivity contribution in [2.24, 2.45) is 0 Å². The summed E-state index contributed by atoms with van der Waals surface area (Å²) in [7, 11) is 3.08. The van der Waals surface area contributed by atoms with E-state index in [4.69, 9.17) is 9.47 Å². The molecular weight excluding hydrogens is 340 g/mol. The smallest absolute Gasteiger partial charge is 0.315 e. The fourth-order valence-electron chi connectivity index (χ4n) is 2.70. The van der Waals surface area contributed by atoms with Gasteiger partial charge in [-0.2, -0.15) is 0 Å². The van der Waals surface area contributed by atoms with Gasteiger partial charge < -0.3 is 30.3 Å². The van der Waals surface area contributed by atoms with Crippen LogP contribution in [0.1, 0.15) is 13.3 Å². The molecule has 1 aliphatic rings. The second-order valence-electron chi connectivity index (χ2n) is 5.83. The van der Waals surface area contributed by atoms with Gasteiger partial charge in [0.05, 0.1) is 20.3 Å². The summed E-state index contributed by atoms with van der Waals surface area (Å²) in [4.78, 5) is 36.5. The molecule has 0 saturated carbocycles. The van der Waals surface area contributed by atoms with Crippen LogP contribution in [0.4, 0.5) is 10.5 Å². The lowest BCUT2D eigenvalue weighted by Gasteiger charge is -2.19. The van der Waals surface area contributed by atoms with E-state index in [1.165, 1.54) is 14.0 Å². The molecule has 1 aromatic rings. The average Bonchev–Trinajstić information content (AvgIpc) is 2.98. The Kier molecular flexibility index (Phi) is 6.65. The van der Waals surface area contributed by atoms with Crippen molar-refractivity contribution in [1.82, 2.24) is 16.0 Å². The molecule has 9 nitrogen and oxygen atoms in total. The molecule has 1 aliphatic heterocycles. The molecule has 9 heteroatoms. The summed E-state index contributed by atoms with van der Waals surface area (Å²) in [6.07, 6.45) is 0.216. The third-order valence-electron chi connectivity index (χ3n) is 3.92. The number of hydrogen-bond donors (Lipinski definition) is 3. The molecule has 0 aromatic heterocycles. The van der Waals surface area contributed by atoms with Gasteiger partial charge in [0.25, 0.3) is 0 Å². The van der Waals surface area contributed by atoms with E-state index < -0.39 is 0 Å². The van der Waals surface area contributed by atoms with Gasteiger partial charge in [-0.1, -0.05) is 0 Å². The Morgan fingerprint density at radius 3 is 2.50 bits per heavy atom. The molecule has 26 heavy (non-hydrogen) atoms. The number of hydrogen-bond acceptors (Lipinski definition) is 5. The number of carbonyl (C=O) groups excluding carboxylic acids is 3. The molecule has 0 radical (unpaired) electrons. The van der Waals surface area contributed by atoms with Gasteiger partial charge in [-0.15, -0.1) is 0 Å². The zero-order chi connectivity index (χ0) is 19.1. The van der Waals surface area contributed by atoms with Crippen molar-refractivity contribution in [1.29, 1.82) is 0 Å². The van der Waals surface area contributed by atoms with E-state index in [1.54, 1.807) is 30.2 Å². The molecule has 2 rings (SSSR count). The van der Waals surface area contributed by atoms with E-state index in [-0.39, 0.29) is 30.3 Å². The van der Waals surface area contributed by atoms with Gasteiger partial charge in [0, 0.05) is 44.7 Å². The fourth-order valence-corrected chi connectivity index (χ4v) is 2.70. The Hall–Kier alpha value is -2.97. The van der Waals surface area contributed by atoms with E-state index >= 15 is 0 Å². The minimum atomic E-state index is -0.373. The van der Waals surface area contributed by atoms with Gasteiger partial charge in [-0.3, -0.25) is 9.59 Å². The summed E-state index contributed by atoms with van der Waals surface area (Å²) < 4.78 is 10.5. The van der Waals surface area contributed by atoms with E-state index in [0.29, 0.717) is 36.8 Å². The monoisotopic (exact) mass is 364 g/mol. The molecule has 1 fully saturated rings. The fraction of sp³-hybridized carbons (Fsp3) is 0.471. The van der Waals surface area contributed by atoms with Crippen LogP contribution in [0.25, 0.3) is 0 Å². The number of anilines is 1. The highest BCUT2D eigenvalue weighted by molar-refractivity contribution is 5.97. The van der Waals surface area contributed by atoms with Crippen molar-refractivity contribution in [2.45, 2.75) is 19.4 Å². The largest absolute Gasteiger partial charge is 0.493 e. The van der Waals surface area contributed by atoms with Crippen LogP contribution in [-0.4, -0.2) is 57.7 Å². The first-order valence-corrected chi connectivity index (χ1v) is 8.25. The minimum absolute atomic E-state index is 0.0826. The van der Waals surface area contributed by atoms with Crippen molar-refractivity contribution in [3.8, 4) is 11.5 Å². The molecule has 0 bridgehead atoms. The molecule has 1 unspecified atom stereocenters. The standard InChI is InChI=1S/C17H24N4O5/c1-11(22)18-6-7-19-17(24)20-12-8-16(23)21(10-12)13-4-5-14(25-2)15(9-13)26-3/h4-5,9,12H,6-8,10H2,1-3H3,(H,18,22)(H2,19,20,24). The number of nitrogens with zero attached hydrogens (tertiary/aromatic N) is 1. The van der Waals surface area contributed by atoms with Crippen LogP contribution in [0, 0.1) is 0 Å². The number of amides is 4. The van der Waals surface area contributed by atoms with Gasteiger partial charge in [0.2, 0.25) is 11.8 Å². The first kappa shape index (κ1) is 19.4. The number of rotatable bonds is 7. The Labute approximate surface area is 152 Å². The Bertz CT molecular complexity index is 679. The molecule has 1 aromatic carbocycles. The molecule has 142 valence electrons. The molecule has 0 aliphatic carbocycles. The summed E-state index contributed by atoms with van der Waals surface area (Å²) in [5.74, 6) is 0.876. The lowest BCUT2D eigenvalue weighted by Crippen LogP contribution is -2.45. The Balaban J connectivity index is 1.90. The van der Waals surface area contributed by atoms with Crippen molar-refractivity contribution in [3.05, 3.63) is 18.2 Å². The second-order valence-corrected chi connectivity index (χ2v) is 5.83. The zero-order valence-electron chi connectivity index (χ0n) is 15.1. The lowest BCUT2D eigenvalue weighted by molar-refractivity contribution is -0.119. The number of urea groups is 1. The Morgan fingerprint density at radius 2 is 1.85 bits per heavy atom. The first-order valence-electron chi connectivity index (χ1n) is 8.25. The maximum atomic E-state index is 12.3. The van der Waals surface area contributed by atoms with E-state index in [9.17, 15) is 14.4 Å².